The van der Waals surface area contributed by atoms with Crippen LogP contribution in [-0.2, 0) is 15.5 Å². The quantitative estimate of drug-likeness (QED) is 0.760. The van der Waals surface area contributed by atoms with E-state index in [1.54, 1.807) is 0 Å². The summed E-state index contributed by atoms with van der Waals surface area (Å²) in [5.41, 5.74) is 4.69. The molecule has 0 amide bonds. The highest BCUT2D eigenvalue weighted by atomic mass is 31.1. The molecule has 1 atom stereocenters. The van der Waals surface area contributed by atoms with Crippen LogP contribution in [0.5, 0.6) is 0 Å². The molecule has 1 aromatic carbocycles. The Kier molecular flexibility index (Phi) is 4.19. The van der Waals surface area contributed by atoms with Crippen molar-refractivity contribution in [3.05, 3.63) is 33.9 Å². The summed E-state index contributed by atoms with van der Waals surface area (Å²) in [5, 5.41) is 0. The number of aryl methyl sites for hydroxylation is 2. The Morgan fingerprint density at radius 1 is 1.31 bits per heavy atom. The molecule has 0 aromatic heterocycles. The topological polar surface area (TPSA) is 43.4 Å². The largest absolute Gasteiger partial charge is 0.545 e. The molecule has 1 aromatic rings. The van der Waals surface area contributed by atoms with Crippen LogP contribution in [0.4, 0.5) is 0 Å². The Bertz CT molecular complexity index is 438. The maximum atomic E-state index is 11.7. The molecule has 1 unspecified atom stereocenters. The molecule has 0 aliphatic heterocycles. The van der Waals surface area contributed by atoms with Gasteiger partial charge in [0.25, 0.3) is 0 Å². The lowest BCUT2D eigenvalue weighted by atomic mass is 9.92. The first-order valence-corrected chi connectivity index (χ1v) is 6.02. The first-order chi connectivity index (χ1) is 7.52. The van der Waals surface area contributed by atoms with Gasteiger partial charge in [-0.05, 0) is 54.0 Å². The zero-order chi connectivity index (χ0) is 12.3. The molecule has 86 valence electrons. The number of hydrogen-bond donors (Lipinski definition) is 0. The normalized spacial score (nSPS) is 10.5. The van der Waals surface area contributed by atoms with E-state index in [0.717, 1.165) is 23.1 Å². The number of rotatable bonds is 3. The van der Waals surface area contributed by atoms with Crippen LogP contribution in [0.3, 0.4) is 0 Å². The fourth-order valence-electron chi connectivity index (χ4n) is 2.17. The second-order valence-corrected chi connectivity index (χ2v) is 4.19. The van der Waals surface area contributed by atoms with Crippen LogP contribution in [-0.4, -0.2) is 5.97 Å². The molecule has 0 bridgehead atoms. The Balaban J connectivity index is 3.38. The fraction of sp³-hybridized carbons (Fsp3) is 0.417. The molecular formula is C12H16O3P+. The molecule has 16 heavy (non-hydrogen) atoms. The molecule has 0 spiro atoms. The monoisotopic (exact) mass is 239 g/mol. The molecule has 4 heteroatoms. The highest BCUT2D eigenvalue weighted by Gasteiger charge is 2.20. The fourth-order valence-corrected chi connectivity index (χ4v) is 2.35. The van der Waals surface area contributed by atoms with Crippen LogP contribution in [0.2, 0.25) is 0 Å². The third-order valence-corrected chi connectivity index (χ3v) is 3.09. The van der Waals surface area contributed by atoms with Crippen molar-refractivity contribution < 1.29 is 13.9 Å². The van der Waals surface area contributed by atoms with Crippen LogP contribution >= 0.6 is 8.69 Å². The van der Waals surface area contributed by atoms with Crippen LogP contribution in [0.1, 0.15) is 39.5 Å². The minimum absolute atomic E-state index is 0.502. The van der Waals surface area contributed by atoms with Crippen molar-refractivity contribution >= 4 is 14.7 Å². The van der Waals surface area contributed by atoms with E-state index < -0.39 is 14.7 Å². The zero-order valence-corrected chi connectivity index (χ0v) is 11.0. The molecule has 0 N–H and O–H groups in total. The van der Waals surface area contributed by atoms with Gasteiger partial charge in [-0.1, -0.05) is 13.0 Å². The standard InChI is InChI=1S/C12H16O3P/c1-5-10-7(2)6-8(3)11(9(10)4)12(13)15-16-14/h6,16H,5H2,1-4H3/q+1. The van der Waals surface area contributed by atoms with Crippen molar-refractivity contribution in [2.45, 2.75) is 34.1 Å². The van der Waals surface area contributed by atoms with Gasteiger partial charge in [0.15, 0.2) is 0 Å². The van der Waals surface area contributed by atoms with Crippen molar-refractivity contribution in [1.29, 1.82) is 0 Å². The van der Waals surface area contributed by atoms with Gasteiger partial charge in [-0.2, -0.15) is 0 Å². The lowest BCUT2D eigenvalue weighted by Gasteiger charge is -2.13. The Hall–Kier alpha value is -1.21. The maximum Gasteiger partial charge on any atom is 0.545 e. The Labute approximate surface area is 97.1 Å². The van der Waals surface area contributed by atoms with Gasteiger partial charge in [-0.3, -0.25) is 0 Å². The minimum atomic E-state index is -1.05. The second kappa shape index (κ2) is 5.22. The van der Waals surface area contributed by atoms with E-state index in [2.05, 4.69) is 11.4 Å². The average Bonchev–Trinajstić information content (AvgIpc) is 2.17. The van der Waals surface area contributed by atoms with Gasteiger partial charge >= 0.3 is 14.7 Å². The van der Waals surface area contributed by atoms with Crippen LogP contribution in [0.25, 0.3) is 0 Å². The molecule has 1 rings (SSSR count). The first-order valence-electron chi connectivity index (χ1n) is 5.20. The number of carbonyl (C=O) groups excluding carboxylic acids is 1. The van der Waals surface area contributed by atoms with E-state index in [0.29, 0.717) is 5.56 Å². The van der Waals surface area contributed by atoms with Crippen LogP contribution < -0.4 is 0 Å². The van der Waals surface area contributed by atoms with Crippen LogP contribution in [0.15, 0.2) is 6.07 Å². The predicted molar refractivity (Wildman–Crippen MR) is 64.4 cm³/mol. The lowest BCUT2D eigenvalue weighted by Crippen LogP contribution is -2.08. The summed E-state index contributed by atoms with van der Waals surface area (Å²) in [6.07, 6.45) is 0.873. The third kappa shape index (κ3) is 2.30. The van der Waals surface area contributed by atoms with Gasteiger partial charge in [0.1, 0.15) is 0 Å². The SMILES string of the molecule is CCc1c(C)cc(C)c(C(=O)O[PH+]=O)c1C. The van der Waals surface area contributed by atoms with Crippen LogP contribution in [0, 0.1) is 20.8 Å². The van der Waals surface area contributed by atoms with E-state index >= 15 is 0 Å². The second-order valence-electron chi connectivity index (χ2n) is 3.82. The smallest absolute Gasteiger partial charge is 0.241 e. The predicted octanol–water partition coefficient (Wildman–Crippen LogP) is 3.27. The maximum absolute atomic E-state index is 11.7. The van der Waals surface area contributed by atoms with Crippen molar-refractivity contribution in [2.24, 2.45) is 0 Å². The molecule has 0 radical (unpaired) electrons. The van der Waals surface area contributed by atoms with E-state index in [9.17, 15) is 9.36 Å². The minimum Gasteiger partial charge on any atom is -0.241 e. The van der Waals surface area contributed by atoms with E-state index in [4.69, 9.17) is 0 Å². The first kappa shape index (κ1) is 12.9. The summed E-state index contributed by atoms with van der Waals surface area (Å²) in [4.78, 5) is 11.7. The summed E-state index contributed by atoms with van der Waals surface area (Å²) in [6.45, 7) is 7.85. The van der Waals surface area contributed by atoms with E-state index in [-0.39, 0.29) is 0 Å². The average molecular weight is 239 g/mol. The molecule has 0 heterocycles. The molecule has 0 saturated heterocycles. The van der Waals surface area contributed by atoms with Gasteiger partial charge in [0.2, 0.25) is 0 Å². The highest BCUT2D eigenvalue weighted by molar-refractivity contribution is 7.18. The highest BCUT2D eigenvalue weighted by Crippen LogP contribution is 2.24. The molecule has 3 nitrogen and oxygen atoms in total. The summed E-state index contributed by atoms with van der Waals surface area (Å²) in [7, 11) is -1.05. The number of hydrogen-bond acceptors (Lipinski definition) is 3. The van der Waals surface area contributed by atoms with E-state index in [1.807, 2.05) is 26.8 Å². The van der Waals surface area contributed by atoms with Crippen molar-refractivity contribution in [2.75, 3.05) is 0 Å². The molecule has 0 fully saturated rings. The van der Waals surface area contributed by atoms with Gasteiger partial charge in [0, 0.05) is 0 Å². The summed E-state index contributed by atoms with van der Waals surface area (Å²) >= 11 is 0. The molecule has 0 aliphatic rings. The van der Waals surface area contributed by atoms with Crippen molar-refractivity contribution in [3.63, 3.8) is 0 Å². The zero-order valence-electron chi connectivity index (χ0n) is 10.0. The van der Waals surface area contributed by atoms with Crippen molar-refractivity contribution in [1.82, 2.24) is 0 Å². The summed E-state index contributed by atoms with van der Waals surface area (Å²) < 4.78 is 14.9. The Morgan fingerprint density at radius 2 is 1.94 bits per heavy atom. The molecule has 0 aliphatic carbocycles. The lowest BCUT2D eigenvalue weighted by molar-refractivity contribution is 0.0754. The third-order valence-electron chi connectivity index (χ3n) is 2.82. The van der Waals surface area contributed by atoms with E-state index in [1.165, 1.54) is 5.56 Å². The van der Waals surface area contributed by atoms with Gasteiger partial charge < -0.3 is 0 Å². The molecular weight excluding hydrogens is 223 g/mol. The molecule has 0 saturated carbocycles. The van der Waals surface area contributed by atoms with Gasteiger partial charge in [-0.15, -0.1) is 0 Å². The number of benzene rings is 1. The van der Waals surface area contributed by atoms with Gasteiger partial charge in [-0.25, -0.2) is 9.32 Å². The van der Waals surface area contributed by atoms with Gasteiger partial charge in [0.05, 0.1) is 5.56 Å². The summed E-state index contributed by atoms with van der Waals surface area (Å²) in [6, 6.07) is 1.97. The summed E-state index contributed by atoms with van der Waals surface area (Å²) in [5.74, 6) is -0.502. The Morgan fingerprint density at radius 3 is 2.44 bits per heavy atom. The number of carbonyl (C=O) groups is 1. The van der Waals surface area contributed by atoms with Crippen molar-refractivity contribution in [3.8, 4) is 0 Å².